The summed E-state index contributed by atoms with van der Waals surface area (Å²) in [7, 11) is 0. The lowest BCUT2D eigenvalue weighted by molar-refractivity contribution is -0.136. The smallest absolute Gasteiger partial charge is 0.312 e. The molecule has 0 saturated carbocycles. The number of unbranched alkanes of at least 4 members (excludes halogenated alkanes) is 3. The summed E-state index contributed by atoms with van der Waals surface area (Å²) in [4.78, 5) is 35.7. The molecule has 2 heterocycles. The molecule has 3 rings (SSSR count). The summed E-state index contributed by atoms with van der Waals surface area (Å²) >= 11 is 0. The summed E-state index contributed by atoms with van der Waals surface area (Å²) in [5, 5.41) is 18.8. The van der Waals surface area contributed by atoms with Gasteiger partial charge in [-0.3, -0.25) is 14.5 Å². The molecule has 2 aromatic rings. The Morgan fingerprint density at radius 3 is 2.35 bits per heavy atom. The van der Waals surface area contributed by atoms with Gasteiger partial charge in [-0.1, -0.05) is 49.6 Å². The maximum absolute atomic E-state index is 11.6. The summed E-state index contributed by atoms with van der Waals surface area (Å²) in [5.74, 6) is -0.0984. The number of imide groups is 1. The van der Waals surface area contributed by atoms with Crippen molar-refractivity contribution < 1.29 is 14.4 Å². The number of aromatic nitrogens is 3. The molecule has 2 atom stereocenters. The Hall–Kier alpha value is -3.73. The van der Waals surface area contributed by atoms with Crippen molar-refractivity contribution in [2.75, 3.05) is 31.5 Å². The number of carbonyl (C=O) groups is 3. The Balaban J connectivity index is 1.50. The van der Waals surface area contributed by atoms with Crippen molar-refractivity contribution in [3.05, 3.63) is 53.9 Å². The van der Waals surface area contributed by atoms with Crippen LogP contribution in [0.4, 0.5) is 10.5 Å². The second-order valence-corrected chi connectivity index (χ2v) is 10.7. The largest absolute Gasteiger partial charge is 0.383 e. The highest BCUT2D eigenvalue weighted by atomic mass is 16.2. The molecule has 0 fully saturated rings. The molecule has 0 spiro atoms. The molecular formula is C29H44N8O3. The van der Waals surface area contributed by atoms with Gasteiger partial charge >= 0.3 is 6.03 Å². The van der Waals surface area contributed by atoms with Gasteiger partial charge < -0.3 is 21.7 Å². The molecule has 0 saturated heterocycles. The SMILES string of the molecule is Cc1ccc(NC[C@@H](CCCNC(N)=O)n2cc([C@@H](NCCCCCCN3C(=O)C=CC3=O)C(C)C)nn2)cc1. The first-order chi connectivity index (χ1) is 19.2. The summed E-state index contributed by atoms with van der Waals surface area (Å²) < 4.78 is 1.92. The average Bonchev–Trinajstić information content (AvgIpc) is 3.52. The van der Waals surface area contributed by atoms with Crippen LogP contribution in [0.1, 0.15) is 75.7 Å². The highest BCUT2D eigenvalue weighted by Crippen LogP contribution is 2.22. The number of aryl methyl sites for hydroxylation is 1. The fourth-order valence-electron chi connectivity index (χ4n) is 4.73. The van der Waals surface area contributed by atoms with Crippen LogP contribution in [-0.4, -0.2) is 63.9 Å². The Morgan fingerprint density at radius 2 is 1.68 bits per heavy atom. The number of hydrogen-bond acceptors (Lipinski definition) is 7. The van der Waals surface area contributed by atoms with Gasteiger partial charge in [-0.05, 0) is 57.2 Å². The Kier molecular flexibility index (Phi) is 12.1. The van der Waals surface area contributed by atoms with Crippen molar-refractivity contribution in [3.63, 3.8) is 0 Å². The summed E-state index contributed by atoms with van der Waals surface area (Å²) in [6.45, 7) is 8.91. The number of nitrogens with one attached hydrogen (secondary N) is 3. The molecular weight excluding hydrogens is 508 g/mol. The van der Waals surface area contributed by atoms with Gasteiger partial charge in [-0.15, -0.1) is 5.10 Å². The van der Waals surface area contributed by atoms with Gasteiger partial charge in [0.05, 0.1) is 24.0 Å². The normalized spacial score (nSPS) is 14.7. The molecule has 11 nitrogen and oxygen atoms in total. The summed E-state index contributed by atoms with van der Waals surface area (Å²) in [5.41, 5.74) is 8.38. The number of urea groups is 1. The van der Waals surface area contributed by atoms with E-state index in [1.165, 1.54) is 22.6 Å². The molecule has 40 heavy (non-hydrogen) atoms. The fourth-order valence-corrected chi connectivity index (χ4v) is 4.73. The van der Waals surface area contributed by atoms with Crippen molar-refractivity contribution in [2.45, 2.75) is 71.4 Å². The number of primary amides is 1. The maximum atomic E-state index is 11.6. The Bertz CT molecular complexity index is 1110. The highest BCUT2D eigenvalue weighted by molar-refractivity contribution is 6.12. The van der Waals surface area contributed by atoms with Gasteiger partial charge in [-0.25, -0.2) is 9.48 Å². The molecule has 1 aromatic heterocycles. The van der Waals surface area contributed by atoms with E-state index in [1.807, 2.05) is 10.9 Å². The van der Waals surface area contributed by atoms with Crippen LogP contribution < -0.4 is 21.7 Å². The highest BCUT2D eigenvalue weighted by Gasteiger charge is 2.23. The van der Waals surface area contributed by atoms with E-state index in [4.69, 9.17) is 5.73 Å². The standard InChI is InChI=1S/C29H44N8O3/c1-21(2)28(31-16-6-4-5-7-18-36-26(38)14-15-27(36)39)25-20-37(35-34-25)24(9-8-17-32-29(30)40)19-33-23-12-10-22(3)11-13-23/h10-15,20-21,24,28,31,33H,4-9,16-19H2,1-3H3,(H3,30,32,40)/t24-,28+/m1/s1. The number of anilines is 1. The zero-order valence-corrected chi connectivity index (χ0v) is 23.9. The minimum Gasteiger partial charge on any atom is -0.383 e. The first-order valence-electron chi connectivity index (χ1n) is 14.3. The zero-order valence-electron chi connectivity index (χ0n) is 23.9. The lowest BCUT2D eigenvalue weighted by Gasteiger charge is -2.21. The number of hydrogen-bond donors (Lipinski definition) is 4. The van der Waals surface area contributed by atoms with Crippen LogP contribution in [0.2, 0.25) is 0 Å². The summed E-state index contributed by atoms with van der Waals surface area (Å²) in [6.07, 6.45) is 10.0. The van der Waals surface area contributed by atoms with E-state index in [2.05, 4.69) is 71.3 Å². The number of nitrogens with two attached hydrogens (primary N) is 1. The van der Waals surface area contributed by atoms with Gasteiger partial charge in [0.1, 0.15) is 0 Å². The van der Waals surface area contributed by atoms with Gasteiger partial charge in [0.25, 0.3) is 11.8 Å². The predicted molar refractivity (Wildman–Crippen MR) is 155 cm³/mol. The van der Waals surface area contributed by atoms with Gasteiger partial charge in [-0.2, -0.15) is 0 Å². The third-order valence-corrected chi connectivity index (χ3v) is 7.07. The van der Waals surface area contributed by atoms with Gasteiger partial charge in [0.2, 0.25) is 0 Å². The van der Waals surface area contributed by atoms with Crippen LogP contribution in [0.5, 0.6) is 0 Å². The monoisotopic (exact) mass is 552 g/mol. The van der Waals surface area contributed by atoms with E-state index in [0.29, 0.717) is 25.6 Å². The van der Waals surface area contributed by atoms with E-state index < -0.39 is 6.03 Å². The molecule has 0 bridgehead atoms. The number of nitrogens with zero attached hydrogens (tertiary/aromatic N) is 4. The van der Waals surface area contributed by atoms with Crippen molar-refractivity contribution in [1.82, 2.24) is 30.5 Å². The lowest BCUT2D eigenvalue weighted by Crippen LogP contribution is -2.30. The van der Waals surface area contributed by atoms with E-state index in [0.717, 1.165) is 56.5 Å². The van der Waals surface area contributed by atoms with Crippen LogP contribution >= 0.6 is 0 Å². The second kappa shape index (κ2) is 15.8. The number of rotatable bonds is 18. The third-order valence-electron chi connectivity index (χ3n) is 7.07. The molecule has 1 aromatic carbocycles. The number of amides is 4. The molecule has 0 unspecified atom stereocenters. The topological polar surface area (TPSA) is 147 Å². The van der Waals surface area contributed by atoms with Crippen LogP contribution in [0.25, 0.3) is 0 Å². The van der Waals surface area contributed by atoms with Crippen LogP contribution in [0.3, 0.4) is 0 Å². The van der Waals surface area contributed by atoms with E-state index in [-0.39, 0.29) is 23.9 Å². The first kappa shape index (κ1) is 30.8. The lowest BCUT2D eigenvalue weighted by atomic mass is 10.0. The predicted octanol–water partition coefficient (Wildman–Crippen LogP) is 3.46. The summed E-state index contributed by atoms with van der Waals surface area (Å²) in [6, 6.07) is 7.89. The maximum Gasteiger partial charge on any atom is 0.312 e. The fraction of sp³-hybridized carbons (Fsp3) is 0.552. The van der Waals surface area contributed by atoms with Gasteiger partial charge in [0.15, 0.2) is 0 Å². The first-order valence-corrected chi connectivity index (χ1v) is 14.3. The van der Waals surface area contributed by atoms with Crippen molar-refractivity contribution in [1.29, 1.82) is 0 Å². The minimum atomic E-state index is -0.516. The van der Waals surface area contributed by atoms with Crippen LogP contribution in [0, 0.1) is 12.8 Å². The molecule has 1 aliphatic rings. The van der Waals surface area contributed by atoms with E-state index in [1.54, 1.807) is 0 Å². The molecule has 4 amide bonds. The number of carbonyl (C=O) groups excluding carboxylic acids is 3. The molecule has 218 valence electrons. The van der Waals surface area contributed by atoms with Crippen LogP contribution in [-0.2, 0) is 9.59 Å². The van der Waals surface area contributed by atoms with Crippen molar-refractivity contribution in [3.8, 4) is 0 Å². The zero-order chi connectivity index (χ0) is 28.9. The van der Waals surface area contributed by atoms with Crippen molar-refractivity contribution >= 4 is 23.5 Å². The van der Waals surface area contributed by atoms with Gasteiger partial charge in [0, 0.05) is 37.5 Å². The van der Waals surface area contributed by atoms with E-state index >= 15 is 0 Å². The van der Waals surface area contributed by atoms with Crippen LogP contribution in [0.15, 0.2) is 42.6 Å². The molecule has 1 aliphatic heterocycles. The third kappa shape index (κ3) is 9.78. The molecule has 5 N–H and O–H groups in total. The quantitative estimate of drug-likeness (QED) is 0.164. The molecule has 0 aliphatic carbocycles. The Labute approximate surface area is 236 Å². The Morgan fingerprint density at radius 1 is 0.975 bits per heavy atom. The average molecular weight is 553 g/mol. The number of benzene rings is 1. The molecule has 0 radical (unpaired) electrons. The second-order valence-electron chi connectivity index (χ2n) is 10.7. The minimum absolute atomic E-state index is 0.0506. The van der Waals surface area contributed by atoms with E-state index in [9.17, 15) is 14.4 Å². The van der Waals surface area contributed by atoms with Crippen molar-refractivity contribution in [2.24, 2.45) is 11.7 Å². The molecule has 11 heteroatoms.